The molecule has 1 aromatic heterocycles. The van der Waals surface area contributed by atoms with E-state index in [0.717, 1.165) is 34.9 Å². The van der Waals surface area contributed by atoms with Crippen LogP contribution in [0.3, 0.4) is 0 Å². The second-order valence-corrected chi connectivity index (χ2v) is 8.22. The number of hydrogen-bond donors (Lipinski definition) is 0. The molecule has 0 aliphatic carbocycles. The van der Waals surface area contributed by atoms with Crippen molar-refractivity contribution in [1.82, 2.24) is 10.2 Å². The van der Waals surface area contributed by atoms with E-state index in [-0.39, 0.29) is 5.91 Å². The van der Waals surface area contributed by atoms with Gasteiger partial charge in [-0.25, -0.2) is 0 Å². The maximum absolute atomic E-state index is 12.6. The molecule has 1 aliphatic heterocycles. The molecule has 28 heavy (non-hydrogen) atoms. The average molecular weight is 390 g/mol. The second-order valence-electron chi connectivity index (χ2n) is 7.22. The number of rotatable bonds is 4. The van der Waals surface area contributed by atoms with E-state index in [9.17, 15) is 4.79 Å². The molecule has 0 spiro atoms. The number of fused-ring (bicyclic) bond motifs is 1. The van der Waals surface area contributed by atoms with Gasteiger partial charge >= 0.3 is 0 Å². The Balaban J connectivity index is 1.43. The third-order valence-corrected chi connectivity index (χ3v) is 6.19. The largest absolute Gasteiger partial charge is 0.311 e. The summed E-state index contributed by atoms with van der Waals surface area (Å²) in [6.45, 7) is 7.08. The summed E-state index contributed by atoms with van der Waals surface area (Å²) in [5.41, 5.74) is 7.98. The molecule has 3 aromatic rings. The van der Waals surface area contributed by atoms with E-state index in [4.69, 9.17) is 0 Å². The van der Waals surface area contributed by atoms with Crippen LogP contribution < -0.4 is 4.90 Å². The summed E-state index contributed by atoms with van der Waals surface area (Å²) >= 11 is 1.44. The predicted molar refractivity (Wildman–Crippen MR) is 115 cm³/mol. The summed E-state index contributed by atoms with van der Waals surface area (Å²) in [7, 11) is 0. The Kier molecular flexibility index (Phi) is 5.18. The van der Waals surface area contributed by atoms with E-state index >= 15 is 0 Å². The number of carbonyl (C=O) groups is 1. The number of aromatic nitrogens is 2. The van der Waals surface area contributed by atoms with Gasteiger partial charge in [0.05, 0.1) is 11.4 Å². The number of thioether (sulfide) groups is 1. The van der Waals surface area contributed by atoms with Crippen molar-refractivity contribution in [2.45, 2.75) is 32.2 Å². The Hall–Kier alpha value is -2.66. The highest BCUT2D eigenvalue weighted by Gasteiger charge is 2.24. The molecule has 0 radical (unpaired) electrons. The number of carbonyl (C=O) groups excluding carboxylic acids is 1. The molecule has 0 fully saturated rings. The molecule has 0 unspecified atom stereocenters. The van der Waals surface area contributed by atoms with Crippen LogP contribution in [0.4, 0.5) is 5.69 Å². The van der Waals surface area contributed by atoms with E-state index in [1.165, 1.54) is 34.0 Å². The smallest absolute Gasteiger partial charge is 0.237 e. The molecule has 0 bridgehead atoms. The Morgan fingerprint density at radius 1 is 1.00 bits per heavy atom. The number of amides is 1. The Labute approximate surface area is 170 Å². The van der Waals surface area contributed by atoms with E-state index in [1.54, 1.807) is 0 Å². The molecule has 0 saturated carbocycles. The number of benzene rings is 2. The van der Waals surface area contributed by atoms with Gasteiger partial charge in [-0.2, -0.15) is 0 Å². The van der Waals surface area contributed by atoms with E-state index in [2.05, 4.69) is 49.2 Å². The Morgan fingerprint density at radius 3 is 2.57 bits per heavy atom. The van der Waals surface area contributed by atoms with Gasteiger partial charge in [0, 0.05) is 17.8 Å². The van der Waals surface area contributed by atoms with E-state index < -0.39 is 0 Å². The lowest BCUT2D eigenvalue weighted by molar-refractivity contribution is -0.116. The highest BCUT2D eigenvalue weighted by atomic mass is 32.2. The number of para-hydroxylation sites is 1. The quantitative estimate of drug-likeness (QED) is 0.604. The summed E-state index contributed by atoms with van der Waals surface area (Å²) in [5.74, 6) is 0.483. The normalized spacial score (nSPS) is 12.9. The van der Waals surface area contributed by atoms with Crippen molar-refractivity contribution in [2.24, 2.45) is 0 Å². The first kappa shape index (κ1) is 18.7. The highest BCUT2D eigenvalue weighted by Crippen LogP contribution is 2.29. The minimum atomic E-state index is 0.117. The molecule has 5 heteroatoms. The van der Waals surface area contributed by atoms with Crippen LogP contribution in [0, 0.1) is 20.8 Å². The van der Waals surface area contributed by atoms with Gasteiger partial charge in [-0.05, 0) is 73.7 Å². The molecule has 142 valence electrons. The average Bonchev–Trinajstić information content (AvgIpc) is 3.14. The first-order chi connectivity index (χ1) is 13.5. The van der Waals surface area contributed by atoms with Crippen molar-refractivity contribution in [1.29, 1.82) is 0 Å². The first-order valence-electron chi connectivity index (χ1n) is 9.46. The number of aryl methyl sites for hydroxylation is 3. The van der Waals surface area contributed by atoms with Gasteiger partial charge in [-0.3, -0.25) is 4.79 Å². The third kappa shape index (κ3) is 3.67. The predicted octanol–water partition coefficient (Wildman–Crippen LogP) is 4.75. The molecule has 1 aliphatic rings. The lowest BCUT2D eigenvalue weighted by Crippen LogP contribution is -2.30. The maximum Gasteiger partial charge on any atom is 0.237 e. The maximum atomic E-state index is 12.6. The van der Waals surface area contributed by atoms with Gasteiger partial charge in [0.15, 0.2) is 0 Å². The molecule has 1 amide bonds. The summed E-state index contributed by atoms with van der Waals surface area (Å²) in [6, 6.07) is 16.4. The molecule has 2 heterocycles. The summed E-state index contributed by atoms with van der Waals surface area (Å²) in [6.07, 6.45) is 0.927. The molecule has 4 nitrogen and oxygen atoms in total. The first-order valence-corrected chi connectivity index (χ1v) is 10.4. The van der Waals surface area contributed by atoms with Gasteiger partial charge in [0.25, 0.3) is 0 Å². The summed E-state index contributed by atoms with van der Waals surface area (Å²) in [5, 5.41) is 9.50. The van der Waals surface area contributed by atoms with Crippen LogP contribution in [0.25, 0.3) is 11.3 Å². The standard InChI is InChI=1S/C23H23N3OS/c1-15-12-17(3)19(13-16(15)2)20-8-9-22(25-24-20)28-14-23(27)26-11-10-18-6-4-5-7-21(18)26/h4-9,12-13H,10-11,14H2,1-3H3. The molecular weight excluding hydrogens is 366 g/mol. The van der Waals surface area contributed by atoms with Crippen LogP contribution in [0.15, 0.2) is 53.6 Å². The second kappa shape index (κ2) is 7.76. The minimum absolute atomic E-state index is 0.117. The van der Waals surface area contributed by atoms with E-state index in [1.807, 2.05) is 35.2 Å². The number of anilines is 1. The van der Waals surface area contributed by atoms with Crippen LogP contribution in [-0.2, 0) is 11.2 Å². The van der Waals surface area contributed by atoms with Gasteiger partial charge in [-0.1, -0.05) is 36.0 Å². The molecule has 2 aromatic carbocycles. The minimum Gasteiger partial charge on any atom is -0.311 e. The van der Waals surface area contributed by atoms with Gasteiger partial charge in [0.1, 0.15) is 5.03 Å². The molecule has 0 atom stereocenters. The molecular formula is C23H23N3OS. The zero-order chi connectivity index (χ0) is 19.7. The topological polar surface area (TPSA) is 46.1 Å². The van der Waals surface area contributed by atoms with Crippen LogP contribution >= 0.6 is 11.8 Å². The fourth-order valence-corrected chi connectivity index (χ4v) is 4.28. The Morgan fingerprint density at radius 2 is 1.79 bits per heavy atom. The molecule has 0 saturated heterocycles. The van der Waals surface area contributed by atoms with Crippen molar-refractivity contribution >= 4 is 23.4 Å². The van der Waals surface area contributed by atoms with Crippen molar-refractivity contribution in [3.63, 3.8) is 0 Å². The highest BCUT2D eigenvalue weighted by molar-refractivity contribution is 7.99. The number of hydrogen-bond acceptors (Lipinski definition) is 4. The van der Waals surface area contributed by atoms with Crippen LogP contribution in [0.1, 0.15) is 22.3 Å². The zero-order valence-electron chi connectivity index (χ0n) is 16.4. The number of nitrogens with zero attached hydrogens (tertiary/aromatic N) is 3. The lowest BCUT2D eigenvalue weighted by atomic mass is 9.99. The summed E-state index contributed by atoms with van der Waals surface area (Å²) < 4.78 is 0. The fraction of sp³-hybridized carbons (Fsp3) is 0.261. The molecule has 4 rings (SSSR count). The summed E-state index contributed by atoms with van der Waals surface area (Å²) in [4.78, 5) is 14.5. The van der Waals surface area contributed by atoms with E-state index in [0.29, 0.717) is 5.75 Å². The SMILES string of the molecule is Cc1cc(C)c(-c2ccc(SCC(=O)N3CCc4ccccc43)nn2)cc1C. The zero-order valence-corrected chi connectivity index (χ0v) is 17.2. The van der Waals surface area contributed by atoms with Crippen molar-refractivity contribution < 1.29 is 4.79 Å². The van der Waals surface area contributed by atoms with Gasteiger partial charge in [-0.15, -0.1) is 10.2 Å². The third-order valence-electron chi connectivity index (χ3n) is 5.29. The van der Waals surface area contributed by atoms with Crippen LogP contribution in [0.5, 0.6) is 0 Å². The van der Waals surface area contributed by atoms with Crippen molar-refractivity contribution in [3.05, 3.63) is 70.8 Å². The van der Waals surface area contributed by atoms with Gasteiger partial charge in [0.2, 0.25) is 5.91 Å². The van der Waals surface area contributed by atoms with Crippen molar-refractivity contribution in [2.75, 3.05) is 17.2 Å². The fourth-order valence-electron chi connectivity index (χ4n) is 3.59. The Bertz CT molecular complexity index is 1030. The van der Waals surface area contributed by atoms with Crippen LogP contribution in [0.2, 0.25) is 0 Å². The van der Waals surface area contributed by atoms with Crippen molar-refractivity contribution in [3.8, 4) is 11.3 Å². The molecule has 0 N–H and O–H groups in total. The monoisotopic (exact) mass is 389 g/mol. The van der Waals surface area contributed by atoms with Crippen LogP contribution in [-0.4, -0.2) is 28.4 Å². The van der Waals surface area contributed by atoms with Gasteiger partial charge < -0.3 is 4.90 Å². The lowest BCUT2D eigenvalue weighted by Gasteiger charge is -2.16.